The molecule has 0 aliphatic carbocycles. The molecule has 0 bridgehead atoms. The van der Waals surface area contributed by atoms with Crippen molar-refractivity contribution in [3.05, 3.63) is 30.3 Å². The average molecular weight is 387 g/mol. The topological polar surface area (TPSA) is 79.0 Å². The van der Waals surface area contributed by atoms with E-state index in [4.69, 9.17) is 4.74 Å². The first-order chi connectivity index (χ1) is 13.6. The maximum absolute atomic E-state index is 12.9. The summed E-state index contributed by atoms with van der Waals surface area (Å²) in [7, 11) is 1.64. The number of hydrogen-bond acceptors (Lipinski definition) is 4. The van der Waals surface area contributed by atoms with Gasteiger partial charge in [-0.05, 0) is 31.4 Å². The van der Waals surface area contributed by atoms with Crippen LogP contribution in [-0.2, 0) is 19.1 Å². The molecule has 0 saturated carbocycles. The highest BCUT2D eigenvalue weighted by Gasteiger charge is 2.38. The third kappa shape index (κ3) is 4.90. The normalized spacial score (nSPS) is 20.5. The summed E-state index contributed by atoms with van der Waals surface area (Å²) in [5.74, 6) is -0.250. The lowest BCUT2D eigenvalue weighted by molar-refractivity contribution is -0.139. The van der Waals surface area contributed by atoms with Crippen molar-refractivity contribution in [3.63, 3.8) is 0 Å². The molecular formula is C21H29N3O4. The number of hydrogen-bond donors (Lipinski definition) is 1. The second-order valence-corrected chi connectivity index (χ2v) is 7.48. The minimum Gasteiger partial charge on any atom is -0.385 e. The maximum Gasteiger partial charge on any atom is 0.228 e. The summed E-state index contributed by atoms with van der Waals surface area (Å²) in [6, 6.07) is 9.47. The molecule has 2 heterocycles. The fourth-order valence-electron chi connectivity index (χ4n) is 3.92. The van der Waals surface area contributed by atoms with Crippen LogP contribution >= 0.6 is 0 Å². The van der Waals surface area contributed by atoms with E-state index in [1.807, 2.05) is 35.2 Å². The monoisotopic (exact) mass is 387 g/mol. The number of carbonyl (C=O) groups excluding carboxylic acids is 3. The summed E-state index contributed by atoms with van der Waals surface area (Å²) in [5.41, 5.74) is 0.839. The summed E-state index contributed by atoms with van der Waals surface area (Å²) in [4.78, 5) is 41.0. The number of likely N-dealkylation sites (tertiary alicyclic amines) is 1. The van der Waals surface area contributed by atoms with Crippen LogP contribution in [0.5, 0.6) is 0 Å². The highest BCUT2D eigenvalue weighted by Crippen LogP contribution is 2.27. The van der Waals surface area contributed by atoms with Crippen LogP contribution in [0.2, 0.25) is 0 Å². The van der Waals surface area contributed by atoms with Gasteiger partial charge in [0.25, 0.3) is 0 Å². The van der Waals surface area contributed by atoms with E-state index in [-0.39, 0.29) is 36.0 Å². The second kappa shape index (κ2) is 9.68. The molecule has 2 fully saturated rings. The van der Waals surface area contributed by atoms with Gasteiger partial charge in [-0.1, -0.05) is 18.2 Å². The molecule has 3 rings (SSSR count). The van der Waals surface area contributed by atoms with Crippen LogP contribution in [0.1, 0.15) is 25.7 Å². The van der Waals surface area contributed by atoms with Crippen LogP contribution in [-0.4, -0.2) is 62.5 Å². The average Bonchev–Trinajstić information content (AvgIpc) is 3.13. The van der Waals surface area contributed by atoms with Gasteiger partial charge in [-0.3, -0.25) is 14.4 Å². The quantitative estimate of drug-likeness (QED) is 0.718. The largest absolute Gasteiger partial charge is 0.385 e. The Morgan fingerprint density at radius 3 is 2.54 bits per heavy atom. The minimum atomic E-state index is -0.299. The summed E-state index contributed by atoms with van der Waals surface area (Å²) >= 11 is 0. The molecule has 1 aromatic carbocycles. The highest BCUT2D eigenvalue weighted by molar-refractivity contribution is 6.00. The molecule has 3 amide bonds. The molecule has 7 nitrogen and oxygen atoms in total. The lowest BCUT2D eigenvalue weighted by Crippen LogP contribution is -2.45. The number of para-hydroxylation sites is 1. The fraction of sp³-hybridized carbons (Fsp3) is 0.571. The van der Waals surface area contributed by atoms with Crippen molar-refractivity contribution in [3.8, 4) is 0 Å². The van der Waals surface area contributed by atoms with Crippen LogP contribution in [0, 0.1) is 11.8 Å². The lowest BCUT2D eigenvalue weighted by Gasteiger charge is -2.33. The first-order valence-corrected chi connectivity index (χ1v) is 10.0. The van der Waals surface area contributed by atoms with Gasteiger partial charge < -0.3 is 19.9 Å². The molecule has 7 heteroatoms. The van der Waals surface area contributed by atoms with Gasteiger partial charge >= 0.3 is 0 Å². The molecular weight excluding hydrogens is 358 g/mol. The number of benzene rings is 1. The Morgan fingerprint density at radius 1 is 1.14 bits per heavy atom. The number of rotatable bonds is 7. The van der Waals surface area contributed by atoms with Gasteiger partial charge in [-0.25, -0.2) is 0 Å². The van der Waals surface area contributed by atoms with Gasteiger partial charge in [-0.15, -0.1) is 0 Å². The van der Waals surface area contributed by atoms with Gasteiger partial charge in [-0.2, -0.15) is 0 Å². The van der Waals surface area contributed by atoms with E-state index >= 15 is 0 Å². The molecule has 28 heavy (non-hydrogen) atoms. The van der Waals surface area contributed by atoms with Crippen molar-refractivity contribution in [2.75, 3.05) is 44.8 Å². The first-order valence-electron chi connectivity index (χ1n) is 10.0. The third-order valence-electron chi connectivity index (χ3n) is 5.54. The molecule has 1 unspecified atom stereocenters. The Balaban J connectivity index is 1.46. The Labute approximate surface area is 166 Å². The standard InChI is InChI=1S/C21H29N3O4/c1-28-13-5-10-22-20(26)16-8-11-23(12-9-16)21(27)17-14-19(25)24(15-17)18-6-3-2-4-7-18/h2-4,6-7,16-17H,5,8-15H2,1H3,(H,22,26). The molecule has 0 radical (unpaired) electrons. The smallest absolute Gasteiger partial charge is 0.228 e. The zero-order chi connectivity index (χ0) is 19.9. The summed E-state index contributed by atoms with van der Waals surface area (Å²) < 4.78 is 4.98. The number of methoxy groups -OCH3 is 1. The molecule has 1 atom stereocenters. The van der Waals surface area contributed by atoms with Crippen molar-refractivity contribution in [1.29, 1.82) is 0 Å². The zero-order valence-corrected chi connectivity index (χ0v) is 16.4. The first kappa shape index (κ1) is 20.3. The number of carbonyl (C=O) groups is 3. The van der Waals surface area contributed by atoms with E-state index in [0.29, 0.717) is 45.6 Å². The predicted octanol–water partition coefficient (Wildman–Crippen LogP) is 1.43. The molecule has 0 aromatic heterocycles. The van der Waals surface area contributed by atoms with Crippen molar-refractivity contribution in [2.45, 2.75) is 25.7 Å². The molecule has 1 aromatic rings. The predicted molar refractivity (Wildman–Crippen MR) is 106 cm³/mol. The van der Waals surface area contributed by atoms with Gasteiger partial charge in [0.05, 0.1) is 5.92 Å². The SMILES string of the molecule is COCCCNC(=O)C1CCN(C(=O)C2CC(=O)N(c3ccccc3)C2)CC1. The molecule has 2 aliphatic rings. The van der Waals surface area contributed by atoms with E-state index in [2.05, 4.69) is 5.32 Å². The van der Waals surface area contributed by atoms with Crippen LogP contribution in [0.25, 0.3) is 0 Å². The van der Waals surface area contributed by atoms with Crippen molar-refractivity contribution in [2.24, 2.45) is 11.8 Å². The van der Waals surface area contributed by atoms with Crippen molar-refractivity contribution >= 4 is 23.4 Å². The van der Waals surface area contributed by atoms with E-state index in [1.165, 1.54) is 0 Å². The lowest BCUT2D eigenvalue weighted by atomic mass is 9.94. The van der Waals surface area contributed by atoms with E-state index in [0.717, 1.165) is 12.1 Å². The number of amides is 3. The van der Waals surface area contributed by atoms with Crippen LogP contribution in [0.4, 0.5) is 5.69 Å². The van der Waals surface area contributed by atoms with Gasteiger partial charge in [0.1, 0.15) is 0 Å². The van der Waals surface area contributed by atoms with E-state index in [9.17, 15) is 14.4 Å². The molecule has 0 spiro atoms. The number of ether oxygens (including phenoxy) is 1. The molecule has 2 aliphatic heterocycles. The van der Waals surface area contributed by atoms with Gasteiger partial charge in [0.15, 0.2) is 0 Å². The summed E-state index contributed by atoms with van der Waals surface area (Å²) in [6.45, 7) is 2.83. The van der Waals surface area contributed by atoms with Crippen LogP contribution in [0.15, 0.2) is 30.3 Å². The van der Waals surface area contributed by atoms with Crippen molar-refractivity contribution in [1.82, 2.24) is 10.2 Å². The van der Waals surface area contributed by atoms with Gasteiger partial charge in [0.2, 0.25) is 17.7 Å². The van der Waals surface area contributed by atoms with E-state index in [1.54, 1.807) is 12.0 Å². The Morgan fingerprint density at radius 2 is 1.86 bits per heavy atom. The Bertz CT molecular complexity index is 686. The Hall–Kier alpha value is -2.41. The molecule has 2 saturated heterocycles. The molecule has 1 N–H and O–H groups in total. The van der Waals surface area contributed by atoms with Crippen LogP contribution < -0.4 is 10.2 Å². The summed E-state index contributed by atoms with van der Waals surface area (Å²) in [6.07, 6.45) is 2.40. The van der Waals surface area contributed by atoms with Gasteiger partial charge in [0, 0.05) is 57.9 Å². The minimum absolute atomic E-state index is 0.00475. The zero-order valence-electron chi connectivity index (χ0n) is 16.4. The summed E-state index contributed by atoms with van der Waals surface area (Å²) in [5, 5.41) is 2.94. The van der Waals surface area contributed by atoms with E-state index < -0.39 is 0 Å². The number of piperidine rings is 1. The molecule has 152 valence electrons. The maximum atomic E-state index is 12.9. The number of nitrogens with one attached hydrogen (secondary N) is 1. The Kier molecular flexibility index (Phi) is 7.03. The highest BCUT2D eigenvalue weighted by atomic mass is 16.5. The van der Waals surface area contributed by atoms with Crippen molar-refractivity contribution < 1.29 is 19.1 Å². The second-order valence-electron chi connectivity index (χ2n) is 7.48. The fourth-order valence-corrected chi connectivity index (χ4v) is 3.92. The van der Waals surface area contributed by atoms with Crippen LogP contribution in [0.3, 0.4) is 0 Å². The number of anilines is 1. The third-order valence-corrected chi connectivity index (χ3v) is 5.54. The number of nitrogens with zero attached hydrogens (tertiary/aromatic N) is 2.